The Labute approximate surface area is 254 Å². The van der Waals surface area contributed by atoms with Crippen LogP contribution in [0.1, 0.15) is 72.6 Å². The van der Waals surface area contributed by atoms with E-state index in [2.05, 4.69) is 5.16 Å². The Morgan fingerprint density at radius 1 is 1.16 bits per heavy atom. The van der Waals surface area contributed by atoms with Gasteiger partial charge in [0.15, 0.2) is 5.78 Å². The number of carbonyl (C=O) groups is 2. The highest BCUT2D eigenvalue weighted by Gasteiger charge is 2.45. The summed E-state index contributed by atoms with van der Waals surface area (Å²) < 4.78 is 31.1. The number of rotatable bonds is 10. The first-order valence-corrected chi connectivity index (χ1v) is 14.6. The van der Waals surface area contributed by atoms with Gasteiger partial charge >= 0.3 is 0 Å². The number of ether oxygens (including phenoxy) is 2. The van der Waals surface area contributed by atoms with E-state index in [1.54, 1.807) is 44.2 Å². The van der Waals surface area contributed by atoms with Crippen molar-refractivity contribution < 1.29 is 33.1 Å². The molecule has 6 rings (SSSR count). The number of fused-ring (bicyclic) bond motifs is 1. The number of aromatic nitrogens is 2. The normalized spacial score (nSPS) is 18.8. The topological polar surface area (TPSA) is 138 Å². The van der Waals surface area contributed by atoms with Gasteiger partial charge in [-0.3, -0.25) is 9.59 Å². The molecule has 1 fully saturated rings. The number of primary amides is 1. The van der Waals surface area contributed by atoms with E-state index >= 15 is 0 Å². The predicted molar refractivity (Wildman–Crippen MR) is 160 cm³/mol. The van der Waals surface area contributed by atoms with Crippen LogP contribution >= 0.6 is 0 Å². The Kier molecular flexibility index (Phi) is 7.28. The molecule has 3 N–H and O–H groups in total. The smallest absolute Gasteiger partial charge is 0.231 e. The molecule has 9 nitrogen and oxygen atoms in total. The first-order chi connectivity index (χ1) is 20.9. The zero-order chi connectivity index (χ0) is 31.4. The molecular weight excluding hydrogens is 565 g/mol. The van der Waals surface area contributed by atoms with Crippen LogP contribution in [0.4, 0.5) is 4.39 Å². The van der Waals surface area contributed by atoms with E-state index in [1.807, 2.05) is 19.9 Å². The fourth-order valence-corrected chi connectivity index (χ4v) is 5.53. The number of nitrogens with zero attached hydrogens (tertiary/aromatic N) is 2. The summed E-state index contributed by atoms with van der Waals surface area (Å²) in [6.45, 7) is 6.95. The van der Waals surface area contributed by atoms with Gasteiger partial charge in [0, 0.05) is 28.7 Å². The molecule has 2 atom stereocenters. The summed E-state index contributed by atoms with van der Waals surface area (Å²) in [5.74, 6) is 0.432. The minimum Gasteiger partial charge on any atom is -0.490 e. The molecule has 10 heteroatoms. The number of pyridine rings is 1. The molecule has 2 aromatic carbocycles. The third-order valence-corrected chi connectivity index (χ3v) is 8.55. The van der Waals surface area contributed by atoms with Crippen molar-refractivity contribution in [2.75, 3.05) is 6.61 Å². The van der Waals surface area contributed by atoms with Crippen molar-refractivity contribution in [3.05, 3.63) is 82.6 Å². The van der Waals surface area contributed by atoms with Crippen molar-refractivity contribution in [1.29, 1.82) is 0 Å². The molecule has 44 heavy (non-hydrogen) atoms. The summed E-state index contributed by atoms with van der Waals surface area (Å²) in [6, 6.07) is 12.6. The number of ketones is 1. The number of aliphatic hydroxyl groups is 1. The maximum absolute atomic E-state index is 13.7. The molecule has 0 saturated heterocycles. The van der Waals surface area contributed by atoms with Gasteiger partial charge in [0.25, 0.3) is 0 Å². The second kappa shape index (κ2) is 10.9. The predicted octanol–water partition coefficient (Wildman–Crippen LogP) is 5.71. The second-order valence-corrected chi connectivity index (χ2v) is 12.1. The molecular formula is C34H34FN3O6. The zero-order valence-electron chi connectivity index (χ0n) is 25.1. The van der Waals surface area contributed by atoms with Gasteiger partial charge in [0.05, 0.1) is 23.1 Å². The summed E-state index contributed by atoms with van der Waals surface area (Å²) in [7, 11) is 0. The van der Waals surface area contributed by atoms with Crippen molar-refractivity contribution in [3.63, 3.8) is 0 Å². The van der Waals surface area contributed by atoms with Crippen LogP contribution in [-0.4, -0.2) is 39.6 Å². The molecule has 2 aromatic heterocycles. The summed E-state index contributed by atoms with van der Waals surface area (Å²) in [5.41, 5.74) is 7.51. The number of hydrogen-bond donors (Lipinski definition) is 2. The third-order valence-electron chi connectivity index (χ3n) is 8.55. The van der Waals surface area contributed by atoms with Crippen LogP contribution in [0.5, 0.6) is 11.5 Å². The van der Waals surface area contributed by atoms with Crippen molar-refractivity contribution >= 4 is 11.7 Å². The van der Waals surface area contributed by atoms with Gasteiger partial charge in [0.1, 0.15) is 46.4 Å². The largest absolute Gasteiger partial charge is 0.490 e. The molecule has 1 aliphatic heterocycles. The molecule has 0 unspecified atom stereocenters. The van der Waals surface area contributed by atoms with Gasteiger partial charge in [-0.2, -0.15) is 0 Å². The fourth-order valence-electron chi connectivity index (χ4n) is 5.53. The Hall–Kier alpha value is -4.57. The van der Waals surface area contributed by atoms with E-state index < -0.39 is 22.7 Å². The number of halogens is 1. The van der Waals surface area contributed by atoms with Crippen LogP contribution in [0.25, 0.3) is 22.4 Å². The van der Waals surface area contributed by atoms with Gasteiger partial charge < -0.3 is 24.8 Å². The lowest BCUT2D eigenvalue weighted by Gasteiger charge is -2.26. The van der Waals surface area contributed by atoms with Crippen LogP contribution in [0.15, 0.2) is 53.1 Å². The van der Waals surface area contributed by atoms with Gasteiger partial charge in [-0.05, 0) is 89.4 Å². The highest BCUT2D eigenvalue weighted by atomic mass is 19.1. The van der Waals surface area contributed by atoms with Crippen molar-refractivity contribution in [2.45, 2.75) is 70.5 Å². The monoisotopic (exact) mass is 599 g/mol. The molecule has 1 amide bonds. The van der Waals surface area contributed by atoms with E-state index in [1.165, 1.54) is 12.1 Å². The van der Waals surface area contributed by atoms with Gasteiger partial charge in [-0.15, -0.1) is 0 Å². The molecule has 0 radical (unpaired) electrons. The Morgan fingerprint density at radius 2 is 1.89 bits per heavy atom. The van der Waals surface area contributed by atoms with Crippen LogP contribution in [-0.2, 0) is 15.8 Å². The Balaban J connectivity index is 1.30. The summed E-state index contributed by atoms with van der Waals surface area (Å²) in [5, 5.41) is 15.7. The molecule has 228 valence electrons. The summed E-state index contributed by atoms with van der Waals surface area (Å²) >= 11 is 0. The minimum atomic E-state index is -1.56. The molecule has 4 aromatic rings. The van der Waals surface area contributed by atoms with Crippen molar-refractivity contribution in [1.82, 2.24) is 10.1 Å². The van der Waals surface area contributed by atoms with E-state index in [9.17, 15) is 19.1 Å². The second-order valence-electron chi connectivity index (χ2n) is 12.1. The summed E-state index contributed by atoms with van der Waals surface area (Å²) in [4.78, 5) is 30.7. The van der Waals surface area contributed by atoms with Crippen molar-refractivity contribution in [3.8, 4) is 33.9 Å². The highest BCUT2D eigenvalue weighted by Crippen LogP contribution is 2.46. The lowest BCUT2D eigenvalue weighted by Crippen LogP contribution is -2.40. The van der Waals surface area contributed by atoms with Gasteiger partial charge in [0.2, 0.25) is 5.91 Å². The van der Waals surface area contributed by atoms with E-state index in [0.717, 1.165) is 29.7 Å². The number of benzene rings is 2. The van der Waals surface area contributed by atoms with E-state index in [-0.39, 0.29) is 37.0 Å². The lowest BCUT2D eigenvalue weighted by molar-refractivity contribution is -0.123. The maximum atomic E-state index is 13.7. The van der Waals surface area contributed by atoms with Crippen molar-refractivity contribution in [2.24, 2.45) is 5.73 Å². The van der Waals surface area contributed by atoms with Crippen LogP contribution in [0.2, 0.25) is 0 Å². The first-order valence-electron chi connectivity index (χ1n) is 14.6. The van der Waals surface area contributed by atoms with Crippen LogP contribution < -0.4 is 15.2 Å². The molecule has 2 aliphatic rings. The minimum absolute atomic E-state index is 0.00676. The van der Waals surface area contributed by atoms with E-state index in [0.29, 0.717) is 39.6 Å². The molecule has 0 bridgehead atoms. The first kappa shape index (κ1) is 29.5. The number of hydrogen-bond acceptors (Lipinski definition) is 8. The van der Waals surface area contributed by atoms with Crippen LogP contribution in [0.3, 0.4) is 0 Å². The lowest BCUT2D eigenvalue weighted by atomic mass is 9.81. The highest BCUT2D eigenvalue weighted by molar-refractivity contribution is 5.97. The van der Waals surface area contributed by atoms with Gasteiger partial charge in [-0.25, -0.2) is 9.37 Å². The number of carbonyl (C=O) groups excluding carboxylic acids is 2. The molecule has 0 spiro atoms. The molecule has 1 aliphatic carbocycles. The zero-order valence-corrected chi connectivity index (χ0v) is 25.1. The number of amides is 1. The Morgan fingerprint density at radius 3 is 2.52 bits per heavy atom. The maximum Gasteiger partial charge on any atom is 0.231 e. The number of Topliss-reactive ketones (excluding diaryl/α,β-unsaturated/α-hetero) is 1. The average Bonchev–Trinajstić information content (AvgIpc) is 3.66. The third kappa shape index (κ3) is 5.34. The summed E-state index contributed by atoms with van der Waals surface area (Å²) in [6.07, 6.45) is 2.07. The molecule has 3 heterocycles. The SMILES string of the molecule is Cc1noc(C)c1-c1ccc(C(=O)CC[C@](C)(O)c2cc3c(c(-c4ccc(F)cc4)n2)OC[C@]3(C)C(N)=O)cc1OC1CC1. The quantitative estimate of drug-likeness (QED) is 0.221. The number of aryl methyl sites for hydroxylation is 2. The number of nitrogens with two attached hydrogens (primary N) is 1. The average molecular weight is 600 g/mol. The Bertz CT molecular complexity index is 1760. The van der Waals surface area contributed by atoms with Gasteiger partial charge in [-0.1, -0.05) is 11.2 Å². The fraction of sp³-hybridized carbons (Fsp3) is 0.353. The standard InChI is InChI=1S/C34H34FN3O6/c1-18-29(19(2)44-38-18)24-12-7-21(15-27(24)43-23-10-11-23)26(39)13-14-34(4,41)28-16-25-31(42-17-33(25,3)32(36)40)30(37-28)20-5-8-22(35)9-6-20/h5-9,12,15-16,23,41H,10-11,13-14,17H2,1-4H3,(H2,36,40)/t33-,34-/m0/s1. The molecule has 1 saturated carbocycles. The van der Waals surface area contributed by atoms with E-state index in [4.69, 9.17) is 24.7 Å². The van der Waals surface area contributed by atoms with Crippen LogP contribution in [0, 0.1) is 19.7 Å².